The van der Waals surface area contributed by atoms with Gasteiger partial charge in [-0.1, -0.05) is 39.0 Å². The average Bonchev–Trinajstić information content (AvgIpc) is 3.13. The second kappa shape index (κ2) is 7.08. The van der Waals surface area contributed by atoms with Gasteiger partial charge >= 0.3 is 6.03 Å². The van der Waals surface area contributed by atoms with Crippen LogP contribution < -0.4 is 5.32 Å². The third kappa shape index (κ3) is 3.38. The fraction of sp³-hybridized carbons (Fsp3) is 0.550. The van der Waals surface area contributed by atoms with Crippen LogP contribution in [0.15, 0.2) is 28.7 Å². The fourth-order valence-electron chi connectivity index (χ4n) is 3.69. The van der Waals surface area contributed by atoms with Crippen molar-refractivity contribution >= 4 is 17.0 Å². The van der Waals surface area contributed by atoms with Crippen LogP contribution in [0.4, 0.5) is 4.79 Å². The summed E-state index contributed by atoms with van der Waals surface area (Å²) in [5.74, 6) is 1.52. The number of nitrogens with one attached hydrogen (secondary N) is 1. The lowest BCUT2D eigenvalue weighted by Crippen LogP contribution is -2.42. The minimum absolute atomic E-state index is 0.0821. The molecule has 1 aromatic carbocycles. The molecular weight excluding hydrogens is 316 g/mol. The first-order chi connectivity index (χ1) is 11.9. The molecule has 1 saturated heterocycles. The Morgan fingerprint density at radius 2 is 2.08 bits per heavy atom. The van der Waals surface area contributed by atoms with Crippen LogP contribution in [-0.4, -0.2) is 35.7 Å². The Morgan fingerprint density at radius 3 is 2.68 bits per heavy atom. The molecule has 0 aliphatic carbocycles. The van der Waals surface area contributed by atoms with Gasteiger partial charge in [-0.05, 0) is 24.8 Å². The van der Waals surface area contributed by atoms with Crippen molar-refractivity contribution in [2.45, 2.75) is 33.7 Å². The Morgan fingerprint density at radius 1 is 1.36 bits per heavy atom. The quantitative estimate of drug-likeness (QED) is 0.888. The summed E-state index contributed by atoms with van der Waals surface area (Å²) in [5.41, 5.74) is 1.93. The van der Waals surface area contributed by atoms with Gasteiger partial charge in [0.2, 0.25) is 0 Å². The molecule has 0 spiro atoms. The maximum atomic E-state index is 12.8. The van der Waals surface area contributed by atoms with Gasteiger partial charge in [-0.3, -0.25) is 0 Å². The van der Waals surface area contributed by atoms with E-state index in [1.165, 1.54) is 0 Å². The summed E-state index contributed by atoms with van der Waals surface area (Å²) in [6, 6.07) is 7.70. The molecule has 0 bridgehead atoms. The van der Waals surface area contributed by atoms with Crippen LogP contribution in [0.25, 0.3) is 11.0 Å². The Bertz CT molecular complexity index is 752. The number of hydrogen-bond acceptors (Lipinski definition) is 3. The zero-order chi connectivity index (χ0) is 18.1. The highest BCUT2D eigenvalue weighted by atomic mass is 16.3. The first-order valence-electron chi connectivity index (χ1n) is 9.06. The molecule has 1 aromatic heterocycles. The molecule has 2 N–H and O–H groups in total. The van der Waals surface area contributed by atoms with E-state index in [4.69, 9.17) is 4.42 Å². The maximum absolute atomic E-state index is 12.8. The number of hydrogen-bond donors (Lipinski definition) is 2. The molecule has 0 radical (unpaired) electrons. The lowest BCUT2D eigenvalue weighted by molar-refractivity contribution is 0.188. The summed E-state index contributed by atoms with van der Waals surface area (Å²) < 4.78 is 6.08. The number of carbonyl (C=O) groups excluding carboxylic acids is 1. The number of nitrogens with zero attached hydrogens (tertiary/aromatic N) is 1. The molecule has 136 valence electrons. The van der Waals surface area contributed by atoms with Crippen molar-refractivity contribution in [1.82, 2.24) is 10.2 Å². The van der Waals surface area contributed by atoms with Gasteiger partial charge in [0, 0.05) is 36.6 Å². The molecule has 5 nitrogen and oxygen atoms in total. The van der Waals surface area contributed by atoms with Gasteiger partial charge in [0.15, 0.2) is 0 Å². The van der Waals surface area contributed by atoms with E-state index in [0.717, 1.165) is 22.3 Å². The molecular formula is C20H28N2O3. The molecule has 3 atom stereocenters. The van der Waals surface area contributed by atoms with Crippen LogP contribution in [0.5, 0.6) is 0 Å². The predicted octanol–water partition coefficient (Wildman–Crippen LogP) is 3.71. The number of carbonyl (C=O) groups is 1. The zero-order valence-electron chi connectivity index (χ0n) is 15.5. The summed E-state index contributed by atoms with van der Waals surface area (Å²) in [6.45, 7) is 9.71. The number of furan rings is 1. The maximum Gasteiger partial charge on any atom is 0.318 e. The Balaban J connectivity index is 1.82. The van der Waals surface area contributed by atoms with Crippen molar-refractivity contribution in [2.24, 2.45) is 17.8 Å². The van der Waals surface area contributed by atoms with E-state index in [2.05, 4.69) is 26.1 Å². The number of aliphatic hydroxyl groups is 1. The van der Waals surface area contributed by atoms with E-state index in [0.29, 0.717) is 19.0 Å². The van der Waals surface area contributed by atoms with Gasteiger partial charge in [-0.2, -0.15) is 0 Å². The van der Waals surface area contributed by atoms with Gasteiger partial charge < -0.3 is 19.7 Å². The van der Waals surface area contributed by atoms with E-state index in [-0.39, 0.29) is 30.5 Å². The minimum Gasteiger partial charge on any atom is -0.459 e. The van der Waals surface area contributed by atoms with Gasteiger partial charge in [-0.25, -0.2) is 4.79 Å². The highest BCUT2D eigenvalue weighted by molar-refractivity contribution is 5.82. The van der Waals surface area contributed by atoms with Crippen LogP contribution in [0.3, 0.4) is 0 Å². The molecule has 1 aliphatic rings. The smallest absolute Gasteiger partial charge is 0.318 e. The SMILES string of the molecule is Cc1c([C@@H](NC(=O)N2C[C@@H](CO)[C@H](C)C2)C(C)C)oc2ccccc12. The summed E-state index contributed by atoms with van der Waals surface area (Å²) in [6.07, 6.45) is 0. The first kappa shape index (κ1) is 17.8. The molecule has 2 amide bonds. The minimum atomic E-state index is -0.177. The van der Waals surface area contributed by atoms with E-state index < -0.39 is 0 Å². The summed E-state index contributed by atoms with van der Waals surface area (Å²) in [5, 5.41) is 13.7. The molecule has 0 unspecified atom stereocenters. The van der Waals surface area contributed by atoms with E-state index in [1.54, 1.807) is 4.90 Å². The van der Waals surface area contributed by atoms with Gasteiger partial charge in [0.05, 0.1) is 6.04 Å². The van der Waals surface area contributed by atoms with Gasteiger partial charge in [-0.15, -0.1) is 0 Å². The Hall–Kier alpha value is -2.01. The second-order valence-electron chi connectivity index (χ2n) is 7.58. The number of urea groups is 1. The number of fused-ring (bicyclic) bond motifs is 1. The molecule has 1 aliphatic heterocycles. The molecule has 0 saturated carbocycles. The van der Waals surface area contributed by atoms with Crippen LogP contribution in [0, 0.1) is 24.7 Å². The van der Waals surface area contributed by atoms with Crippen molar-refractivity contribution in [3.05, 3.63) is 35.6 Å². The van der Waals surface area contributed by atoms with Gasteiger partial charge in [0.1, 0.15) is 11.3 Å². The van der Waals surface area contributed by atoms with Crippen molar-refractivity contribution in [3.8, 4) is 0 Å². The van der Waals surface area contributed by atoms with Crippen LogP contribution in [0.2, 0.25) is 0 Å². The third-order valence-electron chi connectivity index (χ3n) is 5.40. The monoisotopic (exact) mass is 344 g/mol. The van der Waals surface area contributed by atoms with E-state index in [1.807, 2.05) is 31.2 Å². The largest absolute Gasteiger partial charge is 0.459 e. The topological polar surface area (TPSA) is 65.7 Å². The van der Waals surface area contributed by atoms with E-state index >= 15 is 0 Å². The summed E-state index contributed by atoms with van der Waals surface area (Å²) >= 11 is 0. The van der Waals surface area contributed by atoms with Crippen molar-refractivity contribution < 1.29 is 14.3 Å². The van der Waals surface area contributed by atoms with Crippen molar-refractivity contribution in [1.29, 1.82) is 0 Å². The number of likely N-dealkylation sites (tertiary alicyclic amines) is 1. The molecule has 2 heterocycles. The second-order valence-corrected chi connectivity index (χ2v) is 7.58. The fourth-order valence-corrected chi connectivity index (χ4v) is 3.69. The summed E-state index contributed by atoms with van der Waals surface area (Å²) in [4.78, 5) is 14.6. The van der Waals surface area contributed by atoms with E-state index in [9.17, 15) is 9.90 Å². The number of amides is 2. The molecule has 3 rings (SSSR count). The highest BCUT2D eigenvalue weighted by Crippen LogP contribution is 2.33. The standard InChI is InChI=1S/C20H28N2O3/c1-12(2)18(19-14(4)16-7-5-6-8-17(16)25-19)21-20(24)22-9-13(3)15(10-22)11-23/h5-8,12-13,15,18,23H,9-11H2,1-4H3,(H,21,24)/t13-,15+,18+/m1/s1. The molecule has 1 fully saturated rings. The van der Waals surface area contributed by atoms with Gasteiger partial charge in [0.25, 0.3) is 0 Å². The van der Waals surface area contributed by atoms with Crippen LogP contribution in [0.1, 0.15) is 38.1 Å². The number of aliphatic hydroxyl groups excluding tert-OH is 1. The first-order valence-corrected chi connectivity index (χ1v) is 9.06. The molecule has 2 aromatic rings. The average molecular weight is 344 g/mol. The number of benzene rings is 1. The zero-order valence-corrected chi connectivity index (χ0v) is 15.5. The predicted molar refractivity (Wildman–Crippen MR) is 98.4 cm³/mol. The van der Waals surface area contributed by atoms with Crippen LogP contribution in [-0.2, 0) is 0 Å². The van der Waals surface area contributed by atoms with Crippen molar-refractivity contribution in [3.63, 3.8) is 0 Å². The normalized spacial score (nSPS) is 21.9. The van der Waals surface area contributed by atoms with Crippen molar-refractivity contribution in [2.75, 3.05) is 19.7 Å². The molecule has 25 heavy (non-hydrogen) atoms. The highest BCUT2D eigenvalue weighted by Gasteiger charge is 2.34. The van der Waals surface area contributed by atoms with Crippen LogP contribution >= 0.6 is 0 Å². The number of para-hydroxylation sites is 1. The lowest BCUT2D eigenvalue weighted by Gasteiger charge is -2.25. The number of rotatable bonds is 4. The number of aryl methyl sites for hydroxylation is 1. The third-order valence-corrected chi connectivity index (χ3v) is 5.40. The lowest BCUT2D eigenvalue weighted by atomic mass is 9.98. The summed E-state index contributed by atoms with van der Waals surface area (Å²) in [7, 11) is 0. The Labute approximate surface area is 149 Å². The Kier molecular flexibility index (Phi) is 5.04. The molecule has 5 heteroatoms.